The lowest BCUT2D eigenvalue weighted by molar-refractivity contribution is -0.0321. The van der Waals surface area contributed by atoms with Gasteiger partial charge in [0, 0.05) is 59.6 Å². The molecule has 8 heteroatoms. The molecular weight excluding hydrogens is 459 g/mol. The molecule has 0 aromatic heterocycles. The van der Waals surface area contributed by atoms with Crippen LogP contribution >= 0.6 is 24.0 Å². The van der Waals surface area contributed by atoms with Gasteiger partial charge in [-0.15, -0.1) is 24.0 Å². The highest BCUT2D eigenvalue weighted by atomic mass is 127. The molecule has 2 aliphatic heterocycles. The predicted octanol–water partition coefficient (Wildman–Crippen LogP) is 1.71. The molecule has 0 spiro atoms. The van der Waals surface area contributed by atoms with E-state index in [1.165, 1.54) is 0 Å². The normalized spacial score (nSPS) is 22.5. The monoisotopic (exact) mass is 498 g/mol. The number of nitrogens with zero attached hydrogens (tertiary/aromatic N) is 2. The second-order valence-corrected chi connectivity index (χ2v) is 7.56. The minimum absolute atomic E-state index is 0. The van der Waals surface area contributed by atoms with Crippen LogP contribution in [0.3, 0.4) is 0 Å². The van der Waals surface area contributed by atoms with E-state index in [0.29, 0.717) is 12.0 Å². The SMILES string of the molecule is CN=C(NCCCOC1CCOCC1)NCC1CN(CC(C)C)CCO1.I. The Morgan fingerprint density at radius 3 is 2.70 bits per heavy atom. The molecule has 0 radical (unpaired) electrons. The largest absolute Gasteiger partial charge is 0.381 e. The van der Waals surface area contributed by atoms with Crippen molar-refractivity contribution in [2.45, 2.75) is 45.3 Å². The molecule has 0 aliphatic carbocycles. The molecule has 27 heavy (non-hydrogen) atoms. The maximum atomic E-state index is 5.89. The second kappa shape index (κ2) is 14.8. The van der Waals surface area contributed by atoms with E-state index >= 15 is 0 Å². The Labute approximate surface area is 182 Å². The molecule has 2 saturated heterocycles. The lowest BCUT2D eigenvalue weighted by Gasteiger charge is -2.34. The van der Waals surface area contributed by atoms with Crippen molar-refractivity contribution in [1.82, 2.24) is 15.5 Å². The Hall–Kier alpha value is -0.160. The molecule has 2 aliphatic rings. The van der Waals surface area contributed by atoms with Crippen LogP contribution < -0.4 is 10.6 Å². The Balaban J connectivity index is 0.00000364. The van der Waals surface area contributed by atoms with Gasteiger partial charge in [-0.25, -0.2) is 0 Å². The molecule has 0 aromatic rings. The summed E-state index contributed by atoms with van der Waals surface area (Å²) in [6.07, 6.45) is 3.61. The van der Waals surface area contributed by atoms with Crippen molar-refractivity contribution >= 4 is 29.9 Å². The number of guanidine groups is 1. The summed E-state index contributed by atoms with van der Waals surface area (Å²) in [7, 11) is 1.81. The zero-order chi connectivity index (χ0) is 18.6. The number of nitrogens with one attached hydrogen (secondary N) is 2. The Bertz CT molecular complexity index is 406. The number of hydrogen-bond acceptors (Lipinski definition) is 5. The topological polar surface area (TPSA) is 67.4 Å². The van der Waals surface area contributed by atoms with Crippen molar-refractivity contribution in [3.8, 4) is 0 Å². The first-order valence-electron chi connectivity index (χ1n) is 10.1. The van der Waals surface area contributed by atoms with Gasteiger partial charge in [-0.3, -0.25) is 9.89 Å². The van der Waals surface area contributed by atoms with Gasteiger partial charge in [-0.05, 0) is 25.2 Å². The zero-order valence-corrected chi connectivity index (χ0v) is 19.6. The average Bonchev–Trinajstić information content (AvgIpc) is 2.64. The summed E-state index contributed by atoms with van der Waals surface area (Å²) in [6.45, 7) is 12.6. The van der Waals surface area contributed by atoms with Crippen LogP contribution in [0.15, 0.2) is 4.99 Å². The molecule has 0 bridgehead atoms. The number of rotatable bonds is 9. The number of halogens is 1. The van der Waals surface area contributed by atoms with E-state index in [4.69, 9.17) is 14.2 Å². The highest BCUT2D eigenvalue weighted by molar-refractivity contribution is 14.0. The van der Waals surface area contributed by atoms with E-state index < -0.39 is 0 Å². The van der Waals surface area contributed by atoms with Gasteiger partial charge in [-0.1, -0.05) is 13.8 Å². The number of aliphatic imine (C=N–C) groups is 1. The lowest BCUT2D eigenvalue weighted by Crippen LogP contribution is -2.50. The first-order valence-corrected chi connectivity index (χ1v) is 10.1. The van der Waals surface area contributed by atoms with Crippen LogP contribution in [0.25, 0.3) is 0 Å². The Morgan fingerprint density at radius 1 is 1.22 bits per heavy atom. The lowest BCUT2D eigenvalue weighted by atomic mass is 10.1. The zero-order valence-electron chi connectivity index (χ0n) is 17.2. The van der Waals surface area contributed by atoms with Gasteiger partial charge in [-0.2, -0.15) is 0 Å². The summed E-state index contributed by atoms with van der Waals surface area (Å²) in [5, 5.41) is 6.74. The predicted molar refractivity (Wildman–Crippen MR) is 120 cm³/mol. The molecule has 0 amide bonds. The van der Waals surface area contributed by atoms with Crippen molar-refractivity contribution in [2.75, 3.05) is 66.2 Å². The van der Waals surface area contributed by atoms with Crippen molar-refractivity contribution in [2.24, 2.45) is 10.9 Å². The fourth-order valence-corrected chi connectivity index (χ4v) is 3.39. The fourth-order valence-electron chi connectivity index (χ4n) is 3.39. The van der Waals surface area contributed by atoms with Crippen molar-refractivity contribution in [3.63, 3.8) is 0 Å². The maximum absolute atomic E-state index is 5.89. The Kier molecular flexibility index (Phi) is 13.6. The fraction of sp³-hybridized carbons (Fsp3) is 0.947. The van der Waals surface area contributed by atoms with Crippen molar-refractivity contribution in [3.05, 3.63) is 0 Å². The summed E-state index contributed by atoms with van der Waals surface area (Å²) < 4.78 is 17.1. The quantitative estimate of drug-likeness (QED) is 0.219. The first kappa shape index (κ1) is 24.9. The molecule has 2 heterocycles. The van der Waals surface area contributed by atoms with Crippen molar-refractivity contribution < 1.29 is 14.2 Å². The van der Waals surface area contributed by atoms with Gasteiger partial charge in [0.15, 0.2) is 5.96 Å². The molecule has 1 atom stereocenters. The summed E-state index contributed by atoms with van der Waals surface area (Å²) in [5.74, 6) is 1.53. The van der Waals surface area contributed by atoms with Gasteiger partial charge in [0.2, 0.25) is 0 Å². The molecule has 2 fully saturated rings. The average molecular weight is 498 g/mol. The minimum Gasteiger partial charge on any atom is -0.381 e. The van der Waals surface area contributed by atoms with E-state index in [0.717, 1.165) is 84.4 Å². The molecule has 2 rings (SSSR count). The number of hydrogen-bond donors (Lipinski definition) is 2. The Morgan fingerprint density at radius 2 is 2.00 bits per heavy atom. The molecule has 0 saturated carbocycles. The smallest absolute Gasteiger partial charge is 0.191 e. The van der Waals surface area contributed by atoms with E-state index in [-0.39, 0.29) is 30.1 Å². The summed E-state index contributed by atoms with van der Waals surface area (Å²) in [5.41, 5.74) is 0. The standard InChI is InChI=1S/C19H38N4O3.HI/c1-16(2)14-23-8-12-26-18(15-23)13-22-19(20-3)21-7-4-9-25-17-5-10-24-11-6-17;/h16-18H,4-15H2,1-3H3,(H2,20,21,22);1H. The minimum atomic E-state index is 0. The molecule has 160 valence electrons. The van der Waals surface area contributed by atoms with E-state index in [9.17, 15) is 0 Å². The van der Waals surface area contributed by atoms with Gasteiger partial charge < -0.3 is 24.8 Å². The van der Waals surface area contributed by atoms with Crippen molar-refractivity contribution in [1.29, 1.82) is 0 Å². The second-order valence-electron chi connectivity index (χ2n) is 7.56. The van der Waals surface area contributed by atoms with Gasteiger partial charge in [0.25, 0.3) is 0 Å². The van der Waals surface area contributed by atoms with Crippen LogP contribution in [0.4, 0.5) is 0 Å². The number of morpholine rings is 1. The van der Waals surface area contributed by atoms with Crippen LogP contribution in [0, 0.1) is 5.92 Å². The van der Waals surface area contributed by atoms with E-state index in [2.05, 4.69) is 34.4 Å². The molecule has 7 nitrogen and oxygen atoms in total. The third kappa shape index (κ3) is 10.8. The van der Waals surface area contributed by atoms with Crippen LogP contribution in [0.2, 0.25) is 0 Å². The highest BCUT2D eigenvalue weighted by Gasteiger charge is 2.21. The van der Waals surface area contributed by atoms with Gasteiger partial charge in [0.05, 0.1) is 18.8 Å². The van der Waals surface area contributed by atoms with Gasteiger partial charge >= 0.3 is 0 Å². The molecule has 1 unspecified atom stereocenters. The summed E-state index contributed by atoms with van der Waals surface area (Å²) >= 11 is 0. The van der Waals surface area contributed by atoms with Crippen LogP contribution in [-0.4, -0.2) is 89.3 Å². The third-order valence-corrected chi connectivity index (χ3v) is 4.70. The van der Waals surface area contributed by atoms with Gasteiger partial charge in [0.1, 0.15) is 0 Å². The summed E-state index contributed by atoms with van der Waals surface area (Å²) in [6, 6.07) is 0. The highest BCUT2D eigenvalue weighted by Crippen LogP contribution is 2.10. The molecule has 0 aromatic carbocycles. The maximum Gasteiger partial charge on any atom is 0.191 e. The molecule has 2 N–H and O–H groups in total. The third-order valence-electron chi connectivity index (χ3n) is 4.70. The summed E-state index contributed by atoms with van der Waals surface area (Å²) in [4.78, 5) is 6.79. The van der Waals surface area contributed by atoms with Crippen LogP contribution in [-0.2, 0) is 14.2 Å². The number of ether oxygens (including phenoxy) is 3. The first-order chi connectivity index (χ1) is 12.7. The van der Waals surface area contributed by atoms with Crippen LogP contribution in [0.5, 0.6) is 0 Å². The van der Waals surface area contributed by atoms with E-state index in [1.54, 1.807) is 7.05 Å². The molecular formula is C19H39IN4O3. The van der Waals surface area contributed by atoms with Crippen LogP contribution in [0.1, 0.15) is 33.1 Å². The van der Waals surface area contributed by atoms with E-state index in [1.807, 2.05) is 0 Å².